The topological polar surface area (TPSA) is 131 Å². The van der Waals surface area contributed by atoms with Gasteiger partial charge in [0.1, 0.15) is 5.58 Å². The van der Waals surface area contributed by atoms with Gasteiger partial charge in [-0.1, -0.05) is 0 Å². The summed E-state index contributed by atoms with van der Waals surface area (Å²) in [4.78, 5) is 31.8. The van der Waals surface area contributed by atoms with Crippen LogP contribution in [-0.2, 0) is 11.2 Å². The Labute approximate surface area is 104 Å². The zero-order valence-corrected chi connectivity index (χ0v) is 9.32. The third kappa shape index (κ3) is 2.37. The molecule has 2 aromatic rings. The number of rotatable bonds is 3. The standard InChI is InChI=1S/C11H7NO7/c13-8-4-9-6(3-7(8)12(17)18)5(1-10(14)15)2-11(16)19-9/h2-4,13H,1H2,(H,14,15). The summed E-state index contributed by atoms with van der Waals surface area (Å²) in [5.41, 5.74) is -1.40. The van der Waals surface area contributed by atoms with Crippen LogP contribution in [0.1, 0.15) is 5.56 Å². The van der Waals surface area contributed by atoms with Crippen LogP contribution in [-0.4, -0.2) is 21.1 Å². The fourth-order valence-electron chi connectivity index (χ4n) is 1.71. The number of carboxylic acids is 1. The summed E-state index contributed by atoms with van der Waals surface area (Å²) in [6.45, 7) is 0. The molecule has 2 rings (SSSR count). The maximum Gasteiger partial charge on any atom is 0.336 e. The quantitative estimate of drug-likeness (QED) is 0.481. The van der Waals surface area contributed by atoms with Crippen molar-refractivity contribution in [2.75, 3.05) is 0 Å². The van der Waals surface area contributed by atoms with E-state index in [-0.39, 0.29) is 16.5 Å². The summed E-state index contributed by atoms with van der Waals surface area (Å²) >= 11 is 0. The van der Waals surface area contributed by atoms with Gasteiger partial charge in [0.2, 0.25) is 0 Å². The highest BCUT2D eigenvalue weighted by molar-refractivity contribution is 5.88. The van der Waals surface area contributed by atoms with Gasteiger partial charge in [-0.2, -0.15) is 0 Å². The van der Waals surface area contributed by atoms with Gasteiger partial charge in [0, 0.05) is 23.6 Å². The maximum absolute atomic E-state index is 11.2. The van der Waals surface area contributed by atoms with E-state index in [9.17, 15) is 24.8 Å². The number of benzene rings is 1. The highest BCUT2D eigenvalue weighted by Crippen LogP contribution is 2.32. The van der Waals surface area contributed by atoms with Gasteiger partial charge in [-0.05, 0) is 5.56 Å². The highest BCUT2D eigenvalue weighted by atomic mass is 16.6. The molecular formula is C11H7NO7. The van der Waals surface area contributed by atoms with Crippen molar-refractivity contribution in [3.05, 3.63) is 44.3 Å². The molecule has 0 bridgehead atoms. The predicted octanol–water partition coefficient (Wildman–Crippen LogP) is 1.03. The van der Waals surface area contributed by atoms with E-state index in [4.69, 9.17) is 9.52 Å². The molecular weight excluding hydrogens is 258 g/mol. The first-order valence-electron chi connectivity index (χ1n) is 5.04. The molecule has 2 N–H and O–H groups in total. The molecule has 0 aliphatic rings. The average Bonchev–Trinajstić information content (AvgIpc) is 2.26. The second-order valence-electron chi connectivity index (χ2n) is 3.76. The number of phenols is 1. The molecule has 0 unspecified atom stereocenters. The molecule has 0 spiro atoms. The van der Waals surface area contributed by atoms with Gasteiger partial charge in [-0.25, -0.2) is 4.79 Å². The lowest BCUT2D eigenvalue weighted by molar-refractivity contribution is -0.385. The molecule has 1 aromatic carbocycles. The third-order valence-electron chi connectivity index (χ3n) is 2.46. The number of carboxylic acid groups (broad SMARTS) is 1. The van der Waals surface area contributed by atoms with Crippen LogP contribution in [0.4, 0.5) is 5.69 Å². The van der Waals surface area contributed by atoms with Crippen LogP contribution in [0.5, 0.6) is 5.75 Å². The molecule has 0 amide bonds. The minimum absolute atomic E-state index is 0.0850. The molecule has 0 saturated carbocycles. The van der Waals surface area contributed by atoms with Crippen molar-refractivity contribution < 1.29 is 24.3 Å². The molecule has 0 saturated heterocycles. The van der Waals surface area contributed by atoms with Gasteiger partial charge in [-0.3, -0.25) is 14.9 Å². The number of hydrogen-bond acceptors (Lipinski definition) is 6. The van der Waals surface area contributed by atoms with Crippen molar-refractivity contribution in [2.45, 2.75) is 6.42 Å². The first-order valence-corrected chi connectivity index (χ1v) is 5.04. The van der Waals surface area contributed by atoms with Crippen molar-refractivity contribution in [2.24, 2.45) is 0 Å². The average molecular weight is 265 g/mol. The van der Waals surface area contributed by atoms with Crippen molar-refractivity contribution in [1.82, 2.24) is 0 Å². The minimum atomic E-state index is -1.19. The zero-order chi connectivity index (χ0) is 14.2. The number of phenolic OH excluding ortho intramolecular Hbond substituents is 1. The molecule has 0 radical (unpaired) electrons. The molecule has 19 heavy (non-hydrogen) atoms. The molecule has 0 aliphatic heterocycles. The molecule has 1 aromatic heterocycles. The lowest BCUT2D eigenvalue weighted by atomic mass is 10.1. The summed E-state index contributed by atoms with van der Waals surface area (Å²) in [6, 6.07) is 2.85. The number of nitro groups is 1. The Morgan fingerprint density at radius 1 is 1.37 bits per heavy atom. The summed E-state index contributed by atoms with van der Waals surface area (Å²) in [7, 11) is 0. The predicted molar refractivity (Wildman–Crippen MR) is 62.1 cm³/mol. The van der Waals surface area contributed by atoms with Gasteiger partial charge in [0.05, 0.1) is 11.3 Å². The Hall–Kier alpha value is -2.90. The van der Waals surface area contributed by atoms with Crippen LogP contribution in [0.3, 0.4) is 0 Å². The molecule has 0 fully saturated rings. The summed E-state index contributed by atoms with van der Waals surface area (Å²) in [5, 5.41) is 29.0. The monoisotopic (exact) mass is 265 g/mol. The second-order valence-corrected chi connectivity index (χ2v) is 3.76. The van der Waals surface area contributed by atoms with Crippen LogP contribution < -0.4 is 5.63 Å². The molecule has 8 nitrogen and oxygen atoms in total. The molecule has 1 heterocycles. The van der Waals surface area contributed by atoms with Crippen molar-refractivity contribution in [3.63, 3.8) is 0 Å². The van der Waals surface area contributed by atoms with E-state index in [0.29, 0.717) is 0 Å². The Morgan fingerprint density at radius 3 is 2.63 bits per heavy atom. The number of carbonyl (C=O) groups is 1. The fraction of sp³-hybridized carbons (Fsp3) is 0.0909. The van der Waals surface area contributed by atoms with Crippen LogP contribution >= 0.6 is 0 Å². The van der Waals surface area contributed by atoms with Gasteiger partial charge < -0.3 is 14.6 Å². The number of nitrogens with zero attached hydrogens (tertiary/aromatic N) is 1. The summed E-state index contributed by atoms with van der Waals surface area (Å²) in [5.74, 6) is -1.85. The summed E-state index contributed by atoms with van der Waals surface area (Å²) in [6.07, 6.45) is -0.482. The third-order valence-corrected chi connectivity index (χ3v) is 2.46. The van der Waals surface area contributed by atoms with E-state index < -0.39 is 34.4 Å². The molecule has 0 atom stereocenters. The van der Waals surface area contributed by atoms with E-state index in [2.05, 4.69) is 0 Å². The number of fused-ring (bicyclic) bond motifs is 1. The highest BCUT2D eigenvalue weighted by Gasteiger charge is 2.18. The lowest BCUT2D eigenvalue weighted by Crippen LogP contribution is -2.06. The molecule has 0 aliphatic carbocycles. The first-order chi connectivity index (χ1) is 8.88. The van der Waals surface area contributed by atoms with E-state index >= 15 is 0 Å². The first kappa shape index (κ1) is 12.6. The smallest absolute Gasteiger partial charge is 0.336 e. The number of aliphatic carboxylic acids is 1. The minimum Gasteiger partial charge on any atom is -0.502 e. The van der Waals surface area contributed by atoms with Crippen molar-refractivity contribution in [3.8, 4) is 5.75 Å². The molecule has 8 heteroatoms. The zero-order valence-electron chi connectivity index (χ0n) is 9.32. The number of aromatic hydroxyl groups is 1. The normalized spacial score (nSPS) is 10.5. The van der Waals surface area contributed by atoms with E-state index in [1.807, 2.05) is 0 Å². The summed E-state index contributed by atoms with van der Waals surface area (Å²) < 4.78 is 4.77. The van der Waals surface area contributed by atoms with Crippen LogP contribution in [0, 0.1) is 10.1 Å². The van der Waals surface area contributed by atoms with Gasteiger partial charge in [0.25, 0.3) is 0 Å². The number of hydrogen-bond donors (Lipinski definition) is 2. The Morgan fingerprint density at radius 2 is 2.05 bits per heavy atom. The Kier molecular flexibility index (Phi) is 2.91. The van der Waals surface area contributed by atoms with E-state index in [1.165, 1.54) is 0 Å². The van der Waals surface area contributed by atoms with Crippen LogP contribution in [0.2, 0.25) is 0 Å². The van der Waals surface area contributed by atoms with E-state index in [0.717, 1.165) is 18.2 Å². The van der Waals surface area contributed by atoms with Crippen molar-refractivity contribution in [1.29, 1.82) is 0 Å². The van der Waals surface area contributed by atoms with E-state index in [1.54, 1.807) is 0 Å². The van der Waals surface area contributed by atoms with Crippen molar-refractivity contribution >= 4 is 22.6 Å². The fourth-order valence-corrected chi connectivity index (χ4v) is 1.71. The lowest BCUT2D eigenvalue weighted by Gasteiger charge is -2.04. The molecule has 98 valence electrons. The largest absolute Gasteiger partial charge is 0.502 e. The van der Waals surface area contributed by atoms with Gasteiger partial charge >= 0.3 is 17.3 Å². The Balaban J connectivity index is 2.80. The van der Waals surface area contributed by atoms with Crippen LogP contribution in [0.25, 0.3) is 11.0 Å². The van der Waals surface area contributed by atoms with Crippen LogP contribution in [0.15, 0.2) is 27.4 Å². The maximum atomic E-state index is 11.2. The Bertz CT molecular complexity index is 747. The SMILES string of the molecule is O=C(O)Cc1cc(=O)oc2cc(O)c([N+](=O)[O-])cc12. The second kappa shape index (κ2) is 4.41. The van der Waals surface area contributed by atoms with Gasteiger partial charge in [0.15, 0.2) is 5.75 Å². The number of nitro benzene ring substituents is 1. The van der Waals surface area contributed by atoms with Gasteiger partial charge in [-0.15, -0.1) is 0 Å².